The molecule has 1 aromatic carbocycles. The number of benzene rings is 1. The lowest BCUT2D eigenvalue weighted by Crippen LogP contribution is -2.59. The number of hydrogen-bond donors (Lipinski definition) is 1. The summed E-state index contributed by atoms with van der Waals surface area (Å²) in [7, 11) is -2.11. The van der Waals surface area contributed by atoms with E-state index >= 15 is 0 Å². The summed E-state index contributed by atoms with van der Waals surface area (Å²) in [6.07, 6.45) is -0.353. The van der Waals surface area contributed by atoms with Crippen molar-refractivity contribution in [3.8, 4) is 11.8 Å². The van der Waals surface area contributed by atoms with Crippen LogP contribution < -0.4 is 10.1 Å². The Balaban J connectivity index is 2.56. The Hall–Kier alpha value is -1.84. The molecule has 26 heavy (non-hydrogen) atoms. The Bertz CT molecular complexity index is 744. The second-order valence-corrected chi connectivity index (χ2v) is 13.8. The average Bonchev–Trinajstić information content (AvgIpc) is 2.48. The maximum Gasteiger partial charge on any atom is 0.217 e. The van der Waals surface area contributed by atoms with Crippen molar-refractivity contribution < 1.29 is 14.0 Å². The van der Waals surface area contributed by atoms with E-state index in [4.69, 9.17) is 9.16 Å². The molecule has 0 spiro atoms. The number of nitrogens with one attached hydrogen (secondary N) is 1. The van der Waals surface area contributed by atoms with E-state index in [2.05, 4.69) is 45.3 Å². The normalized spacial score (nSPS) is 22.0. The third-order valence-corrected chi connectivity index (χ3v) is 9.88. The molecule has 1 aliphatic rings. The first-order valence-corrected chi connectivity index (χ1v) is 11.9. The molecular formula is C20H30N2O3Si. The van der Waals surface area contributed by atoms with Gasteiger partial charge < -0.3 is 14.5 Å². The highest BCUT2D eigenvalue weighted by molar-refractivity contribution is 6.74. The molecule has 0 radical (unpaired) electrons. The van der Waals surface area contributed by atoms with Crippen LogP contribution in [0, 0.1) is 11.3 Å². The van der Waals surface area contributed by atoms with Gasteiger partial charge in [-0.3, -0.25) is 4.79 Å². The molecule has 2 unspecified atom stereocenters. The van der Waals surface area contributed by atoms with Crippen molar-refractivity contribution >= 4 is 14.2 Å². The van der Waals surface area contributed by atoms with Gasteiger partial charge >= 0.3 is 0 Å². The topological polar surface area (TPSA) is 71.4 Å². The lowest BCUT2D eigenvalue weighted by molar-refractivity contribution is -0.123. The smallest absolute Gasteiger partial charge is 0.217 e. The molecule has 1 N–H and O–H groups in total. The van der Waals surface area contributed by atoms with Crippen molar-refractivity contribution in [1.82, 2.24) is 5.32 Å². The largest absolute Gasteiger partial charge is 0.485 e. The number of nitrogens with zero attached hydrogens (tertiary/aromatic N) is 1. The molecule has 0 saturated heterocycles. The van der Waals surface area contributed by atoms with E-state index in [1.807, 2.05) is 13.8 Å². The van der Waals surface area contributed by atoms with Crippen LogP contribution in [0.15, 0.2) is 18.2 Å². The fraction of sp³-hybridized carbons (Fsp3) is 0.600. The van der Waals surface area contributed by atoms with Gasteiger partial charge in [-0.05, 0) is 50.2 Å². The predicted molar refractivity (Wildman–Crippen MR) is 104 cm³/mol. The number of hydrogen-bond acceptors (Lipinski definition) is 4. The lowest BCUT2D eigenvalue weighted by Gasteiger charge is -2.49. The summed E-state index contributed by atoms with van der Waals surface area (Å²) >= 11 is 0. The van der Waals surface area contributed by atoms with Crippen LogP contribution in [0.1, 0.15) is 58.7 Å². The van der Waals surface area contributed by atoms with Crippen LogP contribution in [0.5, 0.6) is 5.75 Å². The van der Waals surface area contributed by atoms with Crippen LogP contribution in [0.2, 0.25) is 18.1 Å². The maximum atomic E-state index is 11.9. The van der Waals surface area contributed by atoms with Gasteiger partial charge in [0.25, 0.3) is 0 Å². The molecular weight excluding hydrogens is 344 g/mol. The van der Waals surface area contributed by atoms with Crippen molar-refractivity contribution in [3.63, 3.8) is 0 Å². The molecule has 0 saturated carbocycles. The van der Waals surface area contributed by atoms with Crippen molar-refractivity contribution in [2.45, 2.75) is 77.4 Å². The van der Waals surface area contributed by atoms with Crippen LogP contribution >= 0.6 is 0 Å². The van der Waals surface area contributed by atoms with E-state index in [1.54, 1.807) is 18.2 Å². The molecule has 2 atom stereocenters. The molecule has 5 nitrogen and oxygen atoms in total. The van der Waals surface area contributed by atoms with Crippen LogP contribution in [-0.4, -0.2) is 25.9 Å². The highest BCUT2D eigenvalue weighted by Crippen LogP contribution is 2.46. The Morgan fingerprint density at radius 1 is 1.35 bits per heavy atom. The van der Waals surface area contributed by atoms with Gasteiger partial charge in [0.2, 0.25) is 5.91 Å². The van der Waals surface area contributed by atoms with Gasteiger partial charge in [0.15, 0.2) is 8.32 Å². The van der Waals surface area contributed by atoms with E-state index < -0.39 is 13.9 Å². The molecule has 1 aliphatic heterocycles. The highest BCUT2D eigenvalue weighted by atomic mass is 28.4. The van der Waals surface area contributed by atoms with Gasteiger partial charge in [0.05, 0.1) is 17.7 Å². The number of nitriles is 1. The Kier molecular flexibility index (Phi) is 5.28. The summed E-state index contributed by atoms with van der Waals surface area (Å²) in [5.41, 5.74) is 0.708. The second kappa shape index (κ2) is 6.71. The van der Waals surface area contributed by atoms with Crippen LogP contribution in [0.25, 0.3) is 0 Å². The van der Waals surface area contributed by atoms with Crippen LogP contribution in [0.4, 0.5) is 0 Å². The van der Waals surface area contributed by atoms with Gasteiger partial charge in [-0.1, -0.05) is 20.8 Å². The fourth-order valence-corrected chi connectivity index (χ4v) is 4.34. The zero-order valence-corrected chi connectivity index (χ0v) is 18.1. The Labute approximate surface area is 157 Å². The number of carbonyl (C=O) groups is 1. The minimum absolute atomic E-state index is 0.0264. The SMILES string of the molecule is CC(=O)NC1c2cc(C#N)ccc2OC(C)(C)C1O[Si](C)(C)C(C)(C)C. The second-order valence-electron chi connectivity index (χ2n) is 9.05. The highest BCUT2D eigenvalue weighted by Gasteiger charge is 2.50. The molecule has 1 amide bonds. The van der Waals surface area contributed by atoms with Crippen molar-refractivity contribution in [1.29, 1.82) is 5.26 Å². The van der Waals surface area contributed by atoms with Crippen LogP contribution in [-0.2, 0) is 9.22 Å². The molecule has 2 rings (SSSR count). The van der Waals surface area contributed by atoms with Gasteiger partial charge in [0.1, 0.15) is 17.5 Å². The number of ether oxygens (including phenoxy) is 1. The molecule has 142 valence electrons. The van der Waals surface area contributed by atoms with E-state index in [0.29, 0.717) is 11.3 Å². The number of amides is 1. The first-order chi connectivity index (χ1) is 11.8. The quantitative estimate of drug-likeness (QED) is 0.801. The molecule has 0 fully saturated rings. The lowest BCUT2D eigenvalue weighted by atomic mass is 9.86. The zero-order chi connectivity index (χ0) is 19.9. The van der Waals surface area contributed by atoms with Crippen molar-refractivity contribution in [2.75, 3.05) is 0 Å². The third-order valence-electron chi connectivity index (χ3n) is 5.42. The average molecular weight is 375 g/mol. The third kappa shape index (κ3) is 3.94. The van der Waals surface area contributed by atoms with Crippen LogP contribution in [0.3, 0.4) is 0 Å². The number of rotatable bonds is 3. The zero-order valence-electron chi connectivity index (χ0n) is 17.1. The Morgan fingerprint density at radius 2 is 1.96 bits per heavy atom. The number of carbonyl (C=O) groups excluding carboxylic acids is 1. The molecule has 1 aromatic rings. The fourth-order valence-electron chi connectivity index (χ4n) is 2.94. The Morgan fingerprint density at radius 3 is 2.46 bits per heavy atom. The first-order valence-electron chi connectivity index (χ1n) is 8.96. The summed E-state index contributed by atoms with van der Waals surface area (Å²) in [4.78, 5) is 11.9. The minimum atomic E-state index is -2.11. The van der Waals surface area contributed by atoms with Gasteiger partial charge in [0, 0.05) is 12.5 Å². The van der Waals surface area contributed by atoms with Gasteiger partial charge in [-0.2, -0.15) is 5.26 Å². The summed E-state index contributed by atoms with van der Waals surface area (Å²) in [6.45, 7) is 16.4. The van der Waals surface area contributed by atoms with Gasteiger partial charge in [-0.25, -0.2) is 0 Å². The number of fused-ring (bicyclic) bond motifs is 1. The molecule has 6 heteroatoms. The molecule has 0 aliphatic carbocycles. The van der Waals surface area contributed by atoms with Gasteiger partial charge in [-0.15, -0.1) is 0 Å². The van der Waals surface area contributed by atoms with Crippen molar-refractivity contribution in [2.24, 2.45) is 0 Å². The molecule has 1 heterocycles. The maximum absolute atomic E-state index is 11.9. The predicted octanol–water partition coefficient (Wildman–Crippen LogP) is 4.30. The van der Waals surface area contributed by atoms with E-state index in [-0.39, 0.29) is 23.1 Å². The van der Waals surface area contributed by atoms with Crippen molar-refractivity contribution in [3.05, 3.63) is 29.3 Å². The molecule has 0 aromatic heterocycles. The summed E-state index contributed by atoms with van der Waals surface area (Å²) in [5, 5.41) is 12.3. The first kappa shape index (κ1) is 20.5. The summed E-state index contributed by atoms with van der Waals surface area (Å²) in [6, 6.07) is 7.11. The summed E-state index contributed by atoms with van der Waals surface area (Å²) in [5.74, 6) is 0.549. The van der Waals surface area contributed by atoms with E-state index in [0.717, 1.165) is 5.56 Å². The standard InChI is InChI=1S/C20H30N2O3Si/c1-13(23)22-17-15-11-14(12-21)9-10-16(15)24-20(5,6)18(17)25-26(7,8)19(2,3)4/h9-11,17-18H,1-8H3,(H,22,23). The van der Waals surface area contributed by atoms with E-state index in [1.165, 1.54) is 6.92 Å². The molecule has 0 bridgehead atoms. The summed E-state index contributed by atoms with van der Waals surface area (Å²) < 4.78 is 13.0. The minimum Gasteiger partial charge on any atom is -0.485 e. The van der Waals surface area contributed by atoms with E-state index in [9.17, 15) is 10.1 Å². The monoisotopic (exact) mass is 374 g/mol.